The summed E-state index contributed by atoms with van der Waals surface area (Å²) < 4.78 is 39.9. The zero-order valence-electron chi connectivity index (χ0n) is 14.1. The predicted molar refractivity (Wildman–Crippen MR) is 91.6 cm³/mol. The number of hydrogen-bond acceptors (Lipinski definition) is 6. The Balaban J connectivity index is 1.84. The van der Waals surface area contributed by atoms with Crippen molar-refractivity contribution in [2.24, 2.45) is 0 Å². The fourth-order valence-electron chi connectivity index (χ4n) is 2.89. The molecule has 136 valence electrons. The Morgan fingerprint density at radius 2 is 1.96 bits per heavy atom. The Kier molecular flexibility index (Phi) is 5.24. The van der Waals surface area contributed by atoms with E-state index in [9.17, 15) is 13.2 Å². The minimum Gasteiger partial charge on any atom is -0.351 e. The van der Waals surface area contributed by atoms with Crippen molar-refractivity contribution in [3.05, 3.63) is 23.0 Å². The number of nitrogens with one attached hydrogen (secondary N) is 1. The van der Waals surface area contributed by atoms with Gasteiger partial charge in [0, 0.05) is 31.5 Å². The second kappa shape index (κ2) is 7.25. The van der Waals surface area contributed by atoms with Crippen LogP contribution < -0.4 is 5.32 Å². The Labute approximate surface area is 148 Å². The summed E-state index contributed by atoms with van der Waals surface area (Å²) in [5.74, 6) is 0.240. The van der Waals surface area contributed by atoms with Crippen LogP contribution in [0.25, 0.3) is 10.6 Å². The zero-order valence-corrected chi connectivity index (χ0v) is 14.9. The highest BCUT2D eigenvalue weighted by Crippen LogP contribution is 2.37. The molecule has 0 aromatic carbocycles. The Hall–Kier alpha value is -1.74. The number of thiazole rings is 1. The van der Waals surface area contributed by atoms with Gasteiger partial charge >= 0.3 is 6.18 Å². The van der Waals surface area contributed by atoms with Crippen LogP contribution in [-0.4, -0.2) is 45.5 Å². The van der Waals surface area contributed by atoms with E-state index >= 15 is 0 Å². The molecule has 0 saturated carbocycles. The summed E-state index contributed by atoms with van der Waals surface area (Å²) in [7, 11) is 0. The fourth-order valence-corrected chi connectivity index (χ4v) is 3.67. The van der Waals surface area contributed by atoms with Gasteiger partial charge in [-0.05, 0) is 26.3 Å². The van der Waals surface area contributed by atoms with Gasteiger partial charge in [0.05, 0.1) is 15.6 Å². The predicted octanol–water partition coefficient (Wildman–Crippen LogP) is 3.82. The quantitative estimate of drug-likeness (QED) is 0.885. The van der Waals surface area contributed by atoms with Crippen LogP contribution in [0.3, 0.4) is 0 Å². The summed E-state index contributed by atoms with van der Waals surface area (Å²) in [5, 5.41) is 3.89. The molecule has 0 atom stereocenters. The molecule has 0 amide bonds. The molecular formula is C16H20F3N5S. The van der Waals surface area contributed by atoms with E-state index in [1.807, 2.05) is 0 Å². The average molecular weight is 371 g/mol. The Bertz CT molecular complexity index is 723. The maximum atomic E-state index is 13.3. The first-order chi connectivity index (χ1) is 11.9. The summed E-state index contributed by atoms with van der Waals surface area (Å²) in [6, 6.07) is 0.176. The molecule has 0 aliphatic carbocycles. The van der Waals surface area contributed by atoms with Gasteiger partial charge < -0.3 is 10.2 Å². The third-order valence-electron chi connectivity index (χ3n) is 4.32. The Morgan fingerprint density at radius 1 is 1.24 bits per heavy atom. The second-order valence-electron chi connectivity index (χ2n) is 6.05. The van der Waals surface area contributed by atoms with Crippen LogP contribution in [0.5, 0.6) is 0 Å². The van der Waals surface area contributed by atoms with E-state index in [4.69, 9.17) is 0 Å². The van der Waals surface area contributed by atoms with Crippen molar-refractivity contribution in [3.63, 3.8) is 0 Å². The Morgan fingerprint density at radius 3 is 2.52 bits per heavy atom. The lowest BCUT2D eigenvalue weighted by molar-refractivity contribution is -0.137. The first-order valence-electron chi connectivity index (χ1n) is 8.22. The van der Waals surface area contributed by atoms with Crippen LogP contribution in [0.4, 0.5) is 19.1 Å². The molecule has 0 radical (unpaired) electrons. The summed E-state index contributed by atoms with van der Waals surface area (Å²) in [4.78, 5) is 14.9. The SMILES string of the molecule is CCN1CCC(Nc2ncc(C(F)(F)F)c(-c3cnc(C)s3)n2)CC1. The van der Waals surface area contributed by atoms with Gasteiger partial charge in [-0.25, -0.2) is 15.0 Å². The lowest BCUT2D eigenvalue weighted by Crippen LogP contribution is -2.39. The van der Waals surface area contributed by atoms with Crippen molar-refractivity contribution in [1.29, 1.82) is 0 Å². The molecule has 1 N–H and O–H groups in total. The lowest BCUT2D eigenvalue weighted by atomic mass is 10.1. The molecule has 1 aliphatic rings. The van der Waals surface area contributed by atoms with E-state index in [1.54, 1.807) is 6.92 Å². The van der Waals surface area contributed by atoms with Gasteiger partial charge in [-0.15, -0.1) is 11.3 Å². The van der Waals surface area contributed by atoms with Gasteiger partial charge in [0.1, 0.15) is 5.56 Å². The van der Waals surface area contributed by atoms with Crippen LogP contribution in [0.2, 0.25) is 0 Å². The standard InChI is InChI=1S/C16H20F3N5S/c1-3-24-6-4-11(5-7-24)22-15-21-8-12(16(17,18)19)14(23-15)13-9-20-10(2)25-13/h8-9,11H,3-7H2,1-2H3,(H,21,22,23). The van der Waals surface area contributed by atoms with Crippen LogP contribution in [-0.2, 0) is 6.18 Å². The number of rotatable bonds is 4. The number of likely N-dealkylation sites (tertiary alicyclic amines) is 1. The number of aryl methyl sites for hydroxylation is 1. The largest absolute Gasteiger partial charge is 0.420 e. The van der Waals surface area contributed by atoms with E-state index in [0.29, 0.717) is 9.88 Å². The normalized spacial score (nSPS) is 17.0. The molecule has 0 unspecified atom stereocenters. The van der Waals surface area contributed by atoms with E-state index in [-0.39, 0.29) is 17.7 Å². The van der Waals surface area contributed by atoms with Gasteiger partial charge in [-0.1, -0.05) is 6.92 Å². The summed E-state index contributed by atoms with van der Waals surface area (Å²) in [6.45, 7) is 6.82. The first-order valence-corrected chi connectivity index (χ1v) is 9.04. The highest BCUT2D eigenvalue weighted by Gasteiger charge is 2.36. The molecule has 0 spiro atoms. The number of nitrogens with zero attached hydrogens (tertiary/aromatic N) is 4. The van der Waals surface area contributed by atoms with Crippen LogP contribution in [0.15, 0.2) is 12.4 Å². The molecule has 1 fully saturated rings. The maximum Gasteiger partial charge on any atom is 0.420 e. The topological polar surface area (TPSA) is 53.9 Å². The molecule has 2 aromatic heterocycles. The maximum absolute atomic E-state index is 13.3. The van der Waals surface area contributed by atoms with Crippen molar-refractivity contribution >= 4 is 17.3 Å². The minimum atomic E-state index is -4.50. The number of anilines is 1. The first kappa shape index (κ1) is 18.1. The van der Waals surface area contributed by atoms with Crippen molar-refractivity contribution in [2.75, 3.05) is 25.0 Å². The van der Waals surface area contributed by atoms with Crippen molar-refractivity contribution < 1.29 is 13.2 Å². The molecule has 3 rings (SSSR count). The zero-order chi connectivity index (χ0) is 18.0. The van der Waals surface area contributed by atoms with Crippen molar-refractivity contribution in [2.45, 2.75) is 38.9 Å². The third kappa shape index (κ3) is 4.27. The van der Waals surface area contributed by atoms with Crippen molar-refractivity contribution in [1.82, 2.24) is 19.9 Å². The summed E-state index contributed by atoms with van der Waals surface area (Å²) >= 11 is 1.19. The highest BCUT2D eigenvalue weighted by molar-refractivity contribution is 7.15. The van der Waals surface area contributed by atoms with E-state index < -0.39 is 11.7 Å². The number of hydrogen-bond donors (Lipinski definition) is 1. The van der Waals surface area contributed by atoms with Gasteiger partial charge in [0.25, 0.3) is 0 Å². The average Bonchev–Trinajstić information content (AvgIpc) is 3.01. The van der Waals surface area contributed by atoms with Crippen LogP contribution in [0.1, 0.15) is 30.3 Å². The minimum absolute atomic E-state index is 0.110. The van der Waals surface area contributed by atoms with Gasteiger partial charge in [0.15, 0.2) is 0 Å². The van der Waals surface area contributed by atoms with Crippen LogP contribution >= 0.6 is 11.3 Å². The number of aromatic nitrogens is 3. The number of alkyl halides is 3. The van der Waals surface area contributed by atoms with E-state index in [2.05, 4.69) is 32.1 Å². The molecule has 25 heavy (non-hydrogen) atoms. The fraction of sp³-hybridized carbons (Fsp3) is 0.562. The molecular weight excluding hydrogens is 351 g/mol. The number of piperidine rings is 1. The molecule has 0 bridgehead atoms. The second-order valence-corrected chi connectivity index (χ2v) is 7.28. The van der Waals surface area contributed by atoms with Gasteiger partial charge in [-0.3, -0.25) is 0 Å². The molecule has 9 heteroatoms. The monoisotopic (exact) mass is 371 g/mol. The summed E-state index contributed by atoms with van der Waals surface area (Å²) in [5.41, 5.74) is -0.941. The smallest absolute Gasteiger partial charge is 0.351 e. The van der Waals surface area contributed by atoms with Crippen molar-refractivity contribution in [3.8, 4) is 10.6 Å². The molecule has 5 nitrogen and oxygen atoms in total. The summed E-state index contributed by atoms with van der Waals surface area (Å²) in [6.07, 6.45) is -0.360. The van der Waals surface area contributed by atoms with Crippen LogP contribution in [0, 0.1) is 6.92 Å². The molecule has 3 heterocycles. The molecule has 2 aromatic rings. The number of halogens is 3. The van der Waals surface area contributed by atoms with Gasteiger partial charge in [-0.2, -0.15) is 13.2 Å². The third-order valence-corrected chi connectivity index (χ3v) is 5.24. The molecule has 1 saturated heterocycles. The lowest BCUT2D eigenvalue weighted by Gasteiger charge is -2.31. The van der Waals surface area contributed by atoms with E-state index in [0.717, 1.165) is 38.7 Å². The van der Waals surface area contributed by atoms with Gasteiger partial charge in [0.2, 0.25) is 5.95 Å². The highest BCUT2D eigenvalue weighted by atomic mass is 32.1. The van der Waals surface area contributed by atoms with E-state index in [1.165, 1.54) is 17.5 Å². The molecule has 1 aliphatic heterocycles.